The minimum absolute atomic E-state index is 0.625. The number of fused-ring (bicyclic) bond motifs is 1. The molecule has 0 saturated carbocycles. The molecular formula is C15H15NO. The van der Waals surface area contributed by atoms with Crippen LogP contribution in [0.3, 0.4) is 0 Å². The zero-order valence-corrected chi connectivity index (χ0v) is 9.89. The lowest BCUT2D eigenvalue weighted by molar-refractivity contribution is 0.289. The van der Waals surface area contributed by atoms with Gasteiger partial charge >= 0.3 is 0 Å². The number of rotatable bonds is 1. The third-order valence-electron chi connectivity index (χ3n) is 3.07. The van der Waals surface area contributed by atoms with Gasteiger partial charge in [-0.25, -0.2) is 0 Å². The molecule has 17 heavy (non-hydrogen) atoms. The van der Waals surface area contributed by atoms with E-state index in [0.717, 1.165) is 12.3 Å². The van der Waals surface area contributed by atoms with Gasteiger partial charge in [0.2, 0.25) is 0 Å². The zero-order chi connectivity index (χ0) is 11.7. The minimum Gasteiger partial charge on any atom is -0.473 e. The van der Waals surface area contributed by atoms with Gasteiger partial charge in [-0.2, -0.15) is 0 Å². The summed E-state index contributed by atoms with van der Waals surface area (Å²) in [6.07, 6.45) is 0. The number of benzene rings is 2. The highest BCUT2D eigenvalue weighted by Crippen LogP contribution is 2.28. The van der Waals surface area contributed by atoms with Crippen molar-refractivity contribution in [1.29, 1.82) is 0 Å². The monoisotopic (exact) mass is 225 g/mol. The van der Waals surface area contributed by atoms with Gasteiger partial charge in [0.05, 0.1) is 0 Å². The van der Waals surface area contributed by atoms with Crippen molar-refractivity contribution in [2.24, 2.45) is 0 Å². The van der Waals surface area contributed by atoms with Crippen LogP contribution in [-0.2, 0) is 6.54 Å². The maximum atomic E-state index is 5.77. The summed E-state index contributed by atoms with van der Waals surface area (Å²) in [6.45, 7) is 3.66. The Morgan fingerprint density at radius 1 is 1.06 bits per heavy atom. The minimum atomic E-state index is 0.625. The van der Waals surface area contributed by atoms with Gasteiger partial charge in [-0.05, 0) is 25.1 Å². The molecule has 2 aromatic rings. The maximum Gasteiger partial charge on any atom is 0.161 e. The fourth-order valence-corrected chi connectivity index (χ4v) is 2.18. The van der Waals surface area contributed by atoms with E-state index in [2.05, 4.69) is 54.3 Å². The molecular weight excluding hydrogens is 210 g/mol. The second-order valence-electron chi connectivity index (χ2n) is 4.42. The normalized spacial score (nSPS) is 14.1. The molecule has 86 valence electrons. The molecule has 1 aliphatic heterocycles. The maximum absolute atomic E-state index is 5.77. The Kier molecular flexibility index (Phi) is 2.48. The summed E-state index contributed by atoms with van der Waals surface area (Å²) in [7, 11) is 0. The molecule has 0 unspecified atom stereocenters. The van der Waals surface area contributed by atoms with Crippen LogP contribution < -0.4 is 9.64 Å². The van der Waals surface area contributed by atoms with Crippen molar-refractivity contribution >= 4 is 5.69 Å². The molecule has 0 amide bonds. The van der Waals surface area contributed by atoms with E-state index in [9.17, 15) is 0 Å². The summed E-state index contributed by atoms with van der Waals surface area (Å²) in [6, 6.07) is 16.7. The lowest BCUT2D eigenvalue weighted by Crippen LogP contribution is -2.31. The lowest BCUT2D eigenvalue weighted by atomic mass is 10.1. The first-order valence-corrected chi connectivity index (χ1v) is 5.85. The molecule has 0 radical (unpaired) electrons. The highest BCUT2D eigenvalue weighted by atomic mass is 16.5. The first kappa shape index (κ1) is 10.2. The van der Waals surface area contributed by atoms with Crippen LogP contribution in [0.15, 0.2) is 48.5 Å². The number of para-hydroxylation sites is 1. The van der Waals surface area contributed by atoms with Crippen LogP contribution in [0.4, 0.5) is 5.69 Å². The predicted octanol–water partition coefficient (Wildman–Crippen LogP) is 3.35. The average Bonchev–Trinajstić information content (AvgIpc) is 2.39. The van der Waals surface area contributed by atoms with Crippen LogP contribution in [0.1, 0.15) is 11.1 Å². The standard InChI is InChI=1S/C15H15NO/c1-12-7-8-15-13(9-12)10-16(11-17-15)14-5-3-2-4-6-14/h2-9H,10-11H2,1H3. The Balaban J connectivity index is 1.90. The molecule has 0 saturated heterocycles. The SMILES string of the molecule is Cc1ccc2c(c1)CN(c1ccccc1)CO2. The number of ether oxygens (including phenoxy) is 1. The molecule has 0 aliphatic carbocycles. The Morgan fingerprint density at radius 3 is 2.71 bits per heavy atom. The van der Waals surface area contributed by atoms with Gasteiger partial charge in [-0.15, -0.1) is 0 Å². The predicted molar refractivity (Wildman–Crippen MR) is 69.3 cm³/mol. The van der Waals surface area contributed by atoms with Crippen molar-refractivity contribution in [3.05, 3.63) is 59.7 Å². The summed E-state index contributed by atoms with van der Waals surface area (Å²) in [5, 5.41) is 0. The Hall–Kier alpha value is -1.96. The molecule has 1 heterocycles. The molecule has 0 fully saturated rings. The van der Waals surface area contributed by atoms with E-state index in [0.29, 0.717) is 6.73 Å². The van der Waals surface area contributed by atoms with E-state index in [1.54, 1.807) is 0 Å². The van der Waals surface area contributed by atoms with Gasteiger partial charge in [0.15, 0.2) is 6.73 Å². The number of aryl methyl sites for hydroxylation is 1. The molecule has 0 bridgehead atoms. The largest absolute Gasteiger partial charge is 0.473 e. The molecule has 0 atom stereocenters. The van der Waals surface area contributed by atoms with E-state index < -0.39 is 0 Å². The average molecular weight is 225 g/mol. The first-order chi connectivity index (χ1) is 8.33. The number of hydrogen-bond acceptors (Lipinski definition) is 2. The van der Waals surface area contributed by atoms with Crippen LogP contribution in [0, 0.1) is 6.92 Å². The van der Waals surface area contributed by atoms with Crippen molar-refractivity contribution in [3.8, 4) is 5.75 Å². The van der Waals surface area contributed by atoms with Crippen LogP contribution in [0.2, 0.25) is 0 Å². The quantitative estimate of drug-likeness (QED) is 0.738. The molecule has 0 N–H and O–H groups in total. The summed E-state index contributed by atoms with van der Waals surface area (Å²) >= 11 is 0. The summed E-state index contributed by atoms with van der Waals surface area (Å²) in [5.74, 6) is 1.02. The molecule has 2 heteroatoms. The summed E-state index contributed by atoms with van der Waals surface area (Å²) in [5.41, 5.74) is 3.75. The highest BCUT2D eigenvalue weighted by molar-refractivity contribution is 5.50. The summed E-state index contributed by atoms with van der Waals surface area (Å²) in [4.78, 5) is 2.24. The van der Waals surface area contributed by atoms with E-state index in [-0.39, 0.29) is 0 Å². The van der Waals surface area contributed by atoms with Gasteiger partial charge < -0.3 is 9.64 Å². The Bertz CT molecular complexity index is 522. The third-order valence-corrected chi connectivity index (χ3v) is 3.07. The van der Waals surface area contributed by atoms with Crippen molar-refractivity contribution < 1.29 is 4.74 Å². The molecule has 0 spiro atoms. The second-order valence-corrected chi connectivity index (χ2v) is 4.42. The fraction of sp³-hybridized carbons (Fsp3) is 0.200. The van der Waals surface area contributed by atoms with Gasteiger partial charge in [0.1, 0.15) is 5.75 Å². The van der Waals surface area contributed by atoms with Crippen LogP contribution in [0.5, 0.6) is 5.75 Å². The number of nitrogens with zero attached hydrogens (tertiary/aromatic N) is 1. The molecule has 3 rings (SSSR count). The van der Waals surface area contributed by atoms with E-state index >= 15 is 0 Å². The number of anilines is 1. The topological polar surface area (TPSA) is 12.5 Å². The van der Waals surface area contributed by atoms with Crippen LogP contribution in [0.25, 0.3) is 0 Å². The van der Waals surface area contributed by atoms with E-state index in [1.807, 2.05) is 6.07 Å². The molecule has 2 nitrogen and oxygen atoms in total. The zero-order valence-electron chi connectivity index (χ0n) is 9.89. The third kappa shape index (κ3) is 1.98. The highest BCUT2D eigenvalue weighted by Gasteiger charge is 2.17. The smallest absolute Gasteiger partial charge is 0.161 e. The Labute approximate surface area is 101 Å². The van der Waals surface area contributed by atoms with Gasteiger partial charge in [0.25, 0.3) is 0 Å². The van der Waals surface area contributed by atoms with Crippen molar-refractivity contribution in [3.63, 3.8) is 0 Å². The molecule has 0 aromatic heterocycles. The molecule has 1 aliphatic rings. The van der Waals surface area contributed by atoms with Gasteiger partial charge in [-0.3, -0.25) is 0 Å². The summed E-state index contributed by atoms with van der Waals surface area (Å²) < 4.78 is 5.77. The van der Waals surface area contributed by atoms with E-state index in [4.69, 9.17) is 4.74 Å². The van der Waals surface area contributed by atoms with Crippen LogP contribution >= 0.6 is 0 Å². The Morgan fingerprint density at radius 2 is 1.88 bits per heavy atom. The lowest BCUT2D eigenvalue weighted by Gasteiger charge is -2.30. The van der Waals surface area contributed by atoms with Crippen molar-refractivity contribution in [2.75, 3.05) is 11.6 Å². The van der Waals surface area contributed by atoms with Gasteiger partial charge in [0, 0.05) is 17.8 Å². The fourth-order valence-electron chi connectivity index (χ4n) is 2.18. The van der Waals surface area contributed by atoms with Gasteiger partial charge in [-0.1, -0.05) is 35.9 Å². The number of hydrogen-bond donors (Lipinski definition) is 0. The first-order valence-electron chi connectivity index (χ1n) is 5.85. The molecule has 2 aromatic carbocycles. The van der Waals surface area contributed by atoms with Crippen molar-refractivity contribution in [1.82, 2.24) is 0 Å². The van der Waals surface area contributed by atoms with E-state index in [1.165, 1.54) is 16.8 Å². The van der Waals surface area contributed by atoms with Crippen LogP contribution in [-0.4, -0.2) is 6.73 Å². The van der Waals surface area contributed by atoms with Crippen molar-refractivity contribution in [2.45, 2.75) is 13.5 Å². The second kappa shape index (κ2) is 4.13.